The van der Waals surface area contributed by atoms with Gasteiger partial charge in [-0.1, -0.05) is 49.7 Å². The maximum absolute atomic E-state index is 3.72. The second-order valence-corrected chi connectivity index (χ2v) is 7.40. The summed E-state index contributed by atoms with van der Waals surface area (Å²) < 4.78 is 1.22. The van der Waals surface area contributed by atoms with Gasteiger partial charge in [-0.15, -0.1) is 0 Å². The van der Waals surface area contributed by atoms with Crippen LogP contribution in [0.15, 0.2) is 22.7 Å². The Labute approximate surface area is 132 Å². The van der Waals surface area contributed by atoms with Crippen LogP contribution in [-0.4, -0.2) is 19.1 Å². The standard InChI is InChI=1S/C17H27BrN2/c1-12(2)15-7-8-20(11-15)16-6-5-14(17(18)9-16)10-19-13(3)4/h5-6,9,12-13,15,19H,7-8,10-11H2,1-4H3. The van der Waals surface area contributed by atoms with Gasteiger partial charge in [0.2, 0.25) is 0 Å². The van der Waals surface area contributed by atoms with Gasteiger partial charge in [0.25, 0.3) is 0 Å². The molecule has 1 aliphatic heterocycles. The van der Waals surface area contributed by atoms with Crippen molar-refractivity contribution in [3.63, 3.8) is 0 Å². The van der Waals surface area contributed by atoms with Gasteiger partial charge in [0.1, 0.15) is 0 Å². The van der Waals surface area contributed by atoms with E-state index in [1.807, 2.05) is 0 Å². The molecule has 1 N–H and O–H groups in total. The zero-order chi connectivity index (χ0) is 14.7. The Hall–Kier alpha value is -0.540. The van der Waals surface area contributed by atoms with Crippen molar-refractivity contribution in [3.05, 3.63) is 28.2 Å². The molecule has 0 aromatic heterocycles. The summed E-state index contributed by atoms with van der Waals surface area (Å²) in [6, 6.07) is 7.31. The molecule has 2 nitrogen and oxygen atoms in total. The normalized spacial score (nSPS) is 19.4. The molecule has 112 valence electrons. The molecule has 1 fully saturated rings. The largest absolute Gasteiger partial charge is 0.371 e. The third-order valence-electron chi connectivity index (χ3n) is 4.27. The van der Waals surface area contributed by atoms with E-state index in [9.17, 15) is 0 Å². The summed E-state index contributed by atoms with van der Waals surface area (Å²) in [5, 5.41) is 3.47. The summed E-state index contributed by atoms with van der Waals surface area (Å²) in [5.41, 5.74) is 2.69. The molecule has 20 heavy (non-hydrogen) atoms. The molecule has 0 radical (unpaired) electrons. The van der Waals surface area contributed by atoms with Gasteiger partial charge in [-0.3, -0.25) is 0 Å². The van der Waals surface area contributed by atoms with E-state index in [1.54, 1.807) is 0 Å². The van der Waals surface area contributed by atoms with Crippen LogP contribution in [0.5, 0.6) is 0 Å². The first-order valence-electron chi connectivity index (χ1n) is 7.74. The van der Waals surface area contributed by atoms with Crippen LogP contribution < -0.4 is 10.2 Å². The van der Waals surface area contributed by atoms with Crippen LogP contribution in [0.2, 0.25) is 0 Å². The number of benzene rings is 1. The summed E-state index contributed by atoms with van der Waals surface area (Å²) in [7, 11) is 0. The number of hydrogen-bond acceptors (Lipinski definition) is 2. The number of nitrogens with one attached hydrogen (secondary N) is 1. The third kappa shape index (κ3) is 3.98. The van der Waals surface area contributed by atoms with E-state index in [0.717, 1.165) is 18.4 Å². The average Bonchev–Trinajstić information content (AvgIpc) is 2.86. The highest BCUT2D eigenvalue weighted by Gasteiger charge is 2.25. The van der Waals surface area contributed by atoms with Gasteiger partial charge in [0, 0.05) is 35.8 Å². The molecule has 1 heterocycles. The van der Waals surface area contributed by atoms with E-state index in [-0.39, 0.29) is 0 Å². The maximum atomic E-state index is 3.72. The van der Waals surface area contributed by atoms with E-state index < -0.39 is 0 Å². The first-order chi connectivity index (χ1) is 9.47. The van der Waals surface area contributed by atoms with Crippen molar-refractivity contribution in [1.82, 2.24) is 5.32 Å². The summed E-state index contributed by atoms with van der Waals surface area (Å²) >= 11 is 3.72. The molecule has 3 heteroatoms. The first-order valence-corrected chi connectivity index (χ1v) is 8.53. The van der Waals surface area contributed by atoms with E-state index in [2.05, 4.69) is 72.0 Å². The molecule has 1 aromatic rings. The molecule has 1 unspecified atom stereocenters. The van der Waals surface area contributed by atoms with Crippen LogP contribution in [-0.2, 0) is 6.54 Å². The van der Waals surface area contributed by atoms with Crippen LogP contribution in [0.4, 0.5) is 5.69 Å². The predicted octanol–water partition coefficient (Wildman–Crippen LogP) is 4.43. The fourth-order valence-corrected chi connectivity index (χ4v) is 3.26. The smallest absolute Gasteiger partial charge is 0.0377 e. The monoisotopic (exact) mass is 338 g/mol. The Morgan fingerprint density at radius 3 is 2.60 bits per heavy atom. The highest BCUT2D eigenvalue weighted by atomic mass is 79.9. The van der Waals surface area contributed by atoms with Crippen LogP contribution >= 0.6 is 15.9 Å². The van der Waals surface area contributed by atoms with Gasteiger partial charge in [0.15, 0.2) is 0 Å². The summed E-state index contributed by atoms with van der Waals surface area (Å²) in [6.45, 7) is 12.4. The van der Waals surface area contributed by atoms with E-state index in [0.29, 0.717) is 6.04 Å². The SMILES string of the molecule is CC(C)NCc1ccc(N2CCC(C(C)C)C2)cc1Br. The number of rotatable bonds is 5. The van der Waals surface area contributed by atoms with Gasteiger partial charge in [0.05, 0.1) is 0 Å². The zero-order valence-corrected chi connectivity index (χ0v) is 14.7. The minimum absolute atomic E-state index is 0.520. The van der Waals surface area contributed by atoms with Gasteiger partial charge in [-0.2, -0.15) is 0 Å². The number of hydrogen-bond donors (Lipinski definition) is 1. The maximum Gasteiger partial charge on any atom is 0.0377 e. The van der Waals surface area contributed by atoms with Crippen molar-refractivity contribution in [3.8, 4) is 0 Å². The van der Waals surface area contributed by atoms with Crippen molar-refractivity contribution in [2.75, 3.05) is 18.0 Å². The number of halogens is 1. The highest BCUT2D eigenvalue weighted by Crippen LogP contribution is 2.31. The highest BCUT2D eigenvalue weighted by molar-refractivity contribution is 9.10. The first kappa shape index (κ1) is 15.8. The van der Waals surface area contributed by atoms with Gasteiger partial charge in [-0.25, -0.2) is 0 Å². The number of nitrogens with zero attached hydrogens (tertiary/aromatic N) is 1. The van der Waals surface area contributed by atoms with Crippen molar-refractivity contribution in [1.29, 1.82) is 0 Å². The number of anilines is 1. The van der Waals surface area contributed by atoms with Crippen LogP contribution in [0.25, 0.3) is 0 Å². The van der Waals surface area contributed by atoms with Gasteiger partial charge >= 0.3 is 0 Å². The molecule has 1 atom stereocenters. The summed E-state index contributed by atoms with van der Waals surface area (Å²) in [4.78, 5) is 2.52. The average molecular weight is 339 g/mol. The third-order valence-corrected chi connectivity index (χ3v) is 5.01. The van der Waals surface area contributed by atoms with Gasteiger partial charge in [-0.05, 0) is 36.0 Å². The molecule has 2 rings (SSSR count). The Morgan fingerprint density at radius 1 is 1.30 bits per heavy atom. The van der Waals surface area contributed by atoms with Crippen LogP contribution in [0.1, 0.15) is 39.7 Å². The van der Waals surface area contributed by atoms with Gasteiger partial charge < -0.3 is 10.2 Å². The second-order valence-electron chi connectivity index (χ2n) is 6.55. The molecule has 1 aliphatic rings. The van der Waals surface area contributed by atoms with E-state index >= 15 is 0 Å². The quantitative estimate of drug-likeness (QED) is 0.854. The fraction of sp³-hybridized carbons (Fsp3) is 0.647. The zero-order valence-electron chi connectivity index (χ0n) is 13.1. The second kappa shape index (κ2) is 6.95. The molecule has 0 bridgehead atoms. The molecular weight excluding hydrogens is 312 g/mol. The van der Waals surface area contributed by atoms with Crippen molar-refractivity contribution in [2.24, 2.45) is 11.8 Å². The molecule has 0 saturated carbocycles. The lowest BCUT2D eigenvalue weighted by Crippen LogP contribution is -2.23. The Morgan fingerprint density at radius 2 is 2.05 bits per heavy atom. The summed E-state index contributed by atoms with van der Waals surface area (Å²) in [6.07, 6.45) is 1.33. The molecule has 0 aliphatic carbocycles. The van der Waals surface area contributed by atoms with Crippen LogP contribution in [0, 0.1) is 11.8 Å². The van der Waals surface area contributed by atoms with E-state index in [1.165, 1.54) is 35.2 Å². The fourth-order valence-electron chi connectivity index (χ4n) is 2.76. The minimum atomic E-state index is 0.520. The lowest BCUT2D eigenvalue weighted by Gasteiger charge is -2.21. The van der Waals surface area contributed by atoms with Crippen LogP contribution in [0.3, 0.4) is 0 Å². The van der Waals surface area contributed by atoms with Crippen molar-refractivity contribution < 1.29 is 0 Å². The Bertz CT molecular complexity index is 443. The Kier molecular flexibility index (Phi) is 5.50. The lowest BCUT2D eigenvalue weighted by molar-refractivity contribution is 0.423. The van der Waals surface area contributed by atoms with Crippen molar-refractivity contribution in [2.45, 2.75) is 46.7 Å². The summed E-state index contributed by atoms with van der Waals surface area (Å²) in [5.74, 6) is 1.63. The lowest BCUT2D eigenvalue weighted by atomic mass is 9.95. The van der Waals surface area contributed by atoms with Crippen molar-refractivity contribution >= 4 is 21.6 Å². The molecular formula is C17H27BrN2. The molecule has 1 aromatic carbocycles. The predicted molar refractivity (Wildman–Crippen MR) is 91.3 cm³/mol. The Balaban J connectivity index is 2.02. The topological polar surface area (TPSA) is 15.3 Å². The molecule has 0 amide bonds. The van der Waals surface area contributed by atoms with E-state index in [4.69, 9.17) is 0 Å². The molecule has 0 spiro atoms. The minimum Gasteiger partial charge on any atom is -0.371 e. The molecule has 1 saturated heterocycles.